The zero-order valence-electron chi connectivity index (χ0n) is 9.30. The van der Waals surface area contributed by atoms with Gasteiger partial charge in [0, 0.05) is 12.2 Å². The molecular weight excluding hydrogens is 259 g/mol. The number of nitrogens with one attached hydrogen (secondary N) is 2. The maximum Gasteiger partial charge on any atom is 0.239 e. The number of halogens is 2. The van der Waals surface area contributed by atoms with Gasteiger partial charge < -0.3 is 10.6 Å². The molecule has 1 aromatic carbocycles. The lowest BCUT2D eigenvalue weighted by atomic mass is 10.3. The number of benzene rings is 1. The van der Waals surface area contributed by atoms with Crippen LogP contribution in [-0.2, 0) is 4.79 Å². The van der Waals surface area contributed by atoms with E-state index >= 15 is 0 Å². The molecule has 1 aromatic rings. The molecule has 2 N–H and O–H groups in total. The lowest BCUT2D eigenvalue weighted by Gasteiger charge is -2.08. The van der Waals surface area contributed by atoms with Crippen LogP contribution in [0.5, 0.6) is 0 Å². The molecule has 0 saturated heterocycles. The van der Waals surface area contributed by atoms with Gasteiger partial charge in [-0.1, -0.05) is 23.2 Å². The van der Waals surface area contributed by atoms with Crippen molar-refractivity contribution in [2.45, 2.75) is 12.8 Å². The van der Waals surface area contributed by atoms with Crippen molar-refractivity contribution in [3.63, 3.8) is 0 Å². The Morgan fingerprint density at radius 3 is 2.71 bits per heavy atom. The number of hydrogen-bond acceptors (Lipinski definition) is 2. The second-order valence-electron chi connectivity index (χ2n) is 4.23. The molecule has 0 radical (unpaired) electrons. The van der Waals surface area contributed by atoms with Crippen molar-refractivity contribution in [1.29, 1.82) is 0 Å². The maximum atomic E-state index is 11.5. The Labute approximate surface area is 110 Å². The lowest BCUT2D eigenvalue weighted by molar-refractivity contribution is -0.119. The highest BCUT2D eigenvalue weighted by atomic mass is 35.5. The summed E-state index contributed by atoms with van der Waals surface area (Å²) in [5, 5.41) is 6.87. The molecule has 92 valence electrons. The molecule has 1 fully saturated rings. The van der Waals surface area contributed by atoms with Gasteiger partial charge >= 0.3 is 0 Å². The first-order valence-electron chi connectivity index (χ1n) is 5.61. The summed E-state index contributed by atoms with van der Waals surface area (Å²) in [4.78, 5) is 11.5. The first-order valence-corrected chi connectivity index (χ1v) is 6.36. The van der Waals surface area contributed by atoms with Crippen molar-refractivity contribution in [3.05, 3.63) is 28.2 Å². The zero-order valence-corrected chi connectivity index (χ0v) is 10.8. The predicted octanol–water partition coefficient (Wildman–Crippen LogP) is 2.93. The van der Waals surface area contributed by atoms with Crippen molar-refractivity contribution in [3.8, 4) is 0 Å². The molecule has 3 nitrogen and oxygen atoms in total. The standard InChI is InChI=1S/C12H14Cl2N2O/c13-10-4-3-9(5-11(10)14)15-7-12(17)16-6-8-1-2-8/h3-5,8,15H,1-2,6-7H2,(H,16,17). The van der Waals surface area contributed by atoms with Gasteiger partial charge in [0.25, 0.3) is 0 Å². The van der Waals surface area contributed by atoms with Gasteiger partial charge in [0.05, 0.1) is 16.6 Å². The van der Waals surface area contributed by atoms with Gasteiger partial charge in [-0.25, -0.2) is 0 Å². The Hall–Kier alpha value is -0.930. The Kier molecular flexibility index (Phi) is 4.13. The van der Waals surface area contributed by atoms with Crippen molar-refractivity contribution >= 4 is 34.8 Å². The third-order valence-electron chi connectivity index (χ3n) is 2.66. The molecule has 0 aliphatic heterocycles. The average molecular weight is 273 g/mol. The van der Waals surface area contributed by atoms with Crippen LogP contribution in [0.25, 0.3) is 0 Å². The summed E-state index contributed by atoms with van der Waals surface area (Å²) in [7, 11) is 0. The molecule has 0 aromatic heterocycles. The smallest absolute Gasteiger partial charge is 0.239 e. The molecule has 0 heterocycles. The molecule has 0 bridgehead atoms. The summed E-state index contributed by atoms with van der Waals surface area (Å²) < 4.78 is 0. The number of anilines is 1. The highest BCUT2D eigenvalue weighted by Gasteiger charge is 2.21. The Morgan fingerprint density at radius 1 is 1.29 bits per heavy atom. The van der Waals surface area contributed by atoms with Gasteiger partial charge in [0.15, 0.2) is 0 Å². The van der Waals surface area contributed by atoms with Gasteiger partial charge in [-0.15, -0.1) is 0 Å². The van der Waals surface area contributed by atoms with E-state index in [9.17, 15) is 4.79 Å². The Bertz CT molecular complexity index is 419. The van der Waals surface area contributed by atoms with Gasteiger partial charge in [-0.05, 0) is 37.0 Å². The summed E-state index contributed by atoms with van der Waals surface area (Å²) in [6.45, 7) is 1.05. The van der Waals surface area contributed by atoms with Crippen molar-refractivity contribution < 1.29 is 4.79 Å². The number of carbonyl (C=O) groups is 1. The van der Waals surface area contributed by atoms with Crippen molar-refractivity contribution in [2.75, 3.05) is 18.4 Å². The monoisotopic (exact) mass is 272 g/mol. The lowest BCUT2D eigenvalue weighted by Crippen LogP contribution is -2.31. The van der Waals surface area contributed by atoms with E-state index in [-0.39, 0.29) is 12.5 Å². The van der Waals surface area contributed by atoms with E-state index in [1.54, 1.807) is 18.2 Å². The summed E-state index contributed by atoms with van der Waals surface area (Å²) >= 11 is 11.7. The number of hydrogen-bond donors (Lipinski definition) is 2. The minimum absolute atomic E-state index is 0.00275. The molecule has 17 heavy (non-hydrogen) atoms. The zero-order chi connectivity index (χ0) is 12.3. The molecule has 1 aliphatic rings. The van der Waals surface area contributed by atoms with Crippen molar-refractivity contribution in [1.82, 2.24) is 5.32 Å². The van der Waals surface area contributed by atoms with Crippen LogP contribution >= 0.6 is 23.2 Å². The molecule has 0 unspecified atom stereocenters. The molecule has 5 heteroatoms. The molecule has 0 spiro atoms. The fourth-order valence-electron chi connectivity index (χ4n) is 1.43. The predicted molar refractivity (Wildman–Crippen MR) is 70.7 cm³/mol. The molecule has 0 atom stereocenters. The Morgan fingerprint density at radius 2 is 2.06 bits per heavy atom. The molecule has 1 amide bonds. The first-order chi connectivity index (χ1) is 8.15. The van der Waals surface area contributed by atoms with Gasteiger partial charge in [-0.3, -0.25) is 4.79 Å². The topological polar surface area (TPSA) is 41.1 Å². The van der Waals surface area contributed by atoms with Crippen LogP contribution in [-0.4, -0.2) is 19.0 Å². The van der Waals surface area contributed by atoms with E-state index in [4.69, 9.17) is 23.2 Å². The van der Waals surface area contributed by atoms with E-state index in [1.165, 1.54) is 12.8 Å². The van der Waals surface area contributed by atoms with Crippen LogP contribution in [0.15, 0.2) is 18.2 Å². The summed E-state index contributed by atoms with van der Waals surface area (Å²) in [6, 6.07) is 5.20. The SMILES string of the molecule is O=C(CNc1ccc(Cl)c(Cl)c1)NCC1CC1. The van der Waals surface area contributed by atoms with E-state index in [0.29, 0.717) is 16.0 Å². The number of amides is 1. The second-order valence-corrected chi connectivity index (χ2v) is 5.04. The fourth-order valence-corrected chi connectivity index (χ4v) is 1.73. The molecular formula is C12H14Cl2N2O. The fraction of sp³-hybridized carbons (Fsp3) is 0.417. The molecule has 2 rings (SSSR count). The van der Waals surface area contributed by atoms with Crippen LogP contribution in [0.1, 0.15) is 12.8 Å². The number of rotatable bonds is 5. The maximum absolute atomic E-state index is 11.5. The number of carbonyl (C=O) groups excluding carboxylic acids is 1. The van der Waals surface area contributed by atoms with E-state index in [0.717, 1.165) is 12.2 Å². The quantitative estimate of drug-likeness (QED) is 0.866. The summed E-state index contributed by atoms with van der Waals surface area (Å²) in [6.07, 6.45) is 2.47. The third kappa shape index (κ3) is 4.10. The van der Waals surface area contributed by atoms with Gasteiger partial charge in [0.1, 0.15) is 0 Å². The van der Waals surface area contributed by atoms with Gasteiger partial charge in [0.2, 0.25) is 5.91 Å². The average Bonchev–Trinajstić information content (AvgIpc) is 3.12. The first kappa shape index (κ1) is 12.5. The summed E-state index contributed by atoms with van der Waals surface area (Å²) in [5.74, 6) is 0.701. The minimum atomic E-state index is 0.00275. The van der Waals surface area contributed by atoms with Gasteiger partial charge in [-0.2, -0.15) is 0 Å². The highest BCUT2D eigenvalue weighted by Crippen LogP contribution is 2.27. The van der Waals surface area contributed by atoms with Crippen LogP contribution < -0.4 is 10.6 Å². The molecule has 1 aliphatic carbocycles. The van der Waals surface area contributed by atoms with Crippen LogP contribution in [0.4, 0.5) is 5.69 Å². The van der Waals surface area contributed by atoms with Crippen molar-refractivity contribution in [2.24, 2.45) is 5.92 Å². The largest absolute Gasteiger partial charge is 0.376 e. The van der Waals surface area contributed by atoms with Crippen LogP contribution in [0, 0.1) is 5.92 Å². The third-order valence-corrected chi connectivity index (χ3v) is 3.40. The normalized spacial score (nSPS) is 14.5. The Balaban J connectivity index is 1.75. The second kappa shape index (κ2) is 5.61. The van der Waals surface area contributed by atoms with Crippen LogP contribution in [0.3, 0.4) is 0 Å². The van der Waals surface area contributed by atoms with E-state index in [2.05, 4.69) is 10.6 Å². The molecule has 1 saturated carbocycles. The summed E-state index contributed by atoms with van der Waals surface area (Å²) in [5.41, 5.74) is 0.793. The van der Waals surface area contributed by atoms with Crippen LogP contribution in [0.2, 0.25) is 10.0 Å². The highest BCUT2D eigenvalue weighted by molar-refractivity contribution is 6.42. The minimum Gasteiger partial charge on any atom is -0.376 e. The van der Waals surface area contributed by atoms with E-state index in [1.807, 2.05) is 0 Å². The van der Waals surface area contributed by atoms with E-state index < -0.39 is 0 Å².